The predicted molar refractivity (Wildman–Crippen MR) is 83.2 cm³/mol. The largest absolute Gasteiger partial charge is 0.360 e. The van der Waals surface area contributed by atoms with Crippen LogP contribution < -0.4 is 0 Å². The van der Waals surface area contributed by atoms with Crippen LogP contribution in [0.2, 0.25) is 0 Å². The number of benzene rings is 2. The first-order chi connectivity index (χ1) is 9.74. The lowest BCUT2D eigenvalue weighted by atomic mass is 9.74. The summed E-state index contributed by atoms with van der Waals surface area (Å²) >= 11 is 3.45. The highest BCUT2D eigenvalue weighted by atomic mass is 79.9. The summed E-state index contributed by atoms with van der Waals surface area (Å²) in [4.78, 5) is 15.9. The molecule has 1 aliphatic carbocycles. The first-order valence-electron chi connectivity index (χ1n) is 6.62. The maximum Gasteiger partial charge on any atom is 0.172 e. The Morgan fingerprint density at radius 1 is 1.20 bits per heavy atom. The molecule has 2 nitrogen and oxygen atoms in total. The zero-order valence-electron chi connectivity index (χ0n) is 10.7. The predicted octanol–water partition coefficient (Wildman–Crippen LogP) is 4.45. The van der Waals surface area contributed by atoms with Gasteiger partial charge in [0.1, 0.15) is 0 Å². The summed E-state index contributed by atoms with van der Waals surface area (Å²) < 4.78 is 1.01. The number of hydrogen-bond acceptors (Lipinski definition) is 1. The molecule has 0 fully saturated rings. The van der Waals surface area contributed by atoms with E-state index in [1.165, 1.54) is 11.1 Å². The molecular formula is C17H12BrNO. The molecule has 3 aromatic rings. The van der Waals surface area contributed by atoms with Crippen molar-refractivity contribution in [1.29, 1.82) is 0 Å². The second kappa shape index (κ2) is 4.32. The summed E-state index contributed by atoms with van der Waals surface area (Å²) in [6, 6.07) is 14.2. The van der Waals surface area contributed by atoms with Crippen molar-refractivity contribution in [2.75, 3.05) is 0 Å². The minimum Gasteiger partial charge on any atom is -0.360 e. The molecule has 1 aromatic heterocycles. The van der Waals surface area contributed by atoms with Crippen molar-refractivity contribution >= 4 is 32.6 Å². The molecule has 0 aliphatic heterocycles. The molecule has 1 heterocycles. The number of aromatic amines is 1. The van der Waals surface area contributed by atoms with Gasteiger partial charge >= 0.3 is 0 Å². The Hall–Kier alpha value is -1.87. The fourth-order valence-corrected chi connectivity index (χ4v) is 3.34. The molecule has 2 aromatic carbocycles. The molecule has 0 radical (unpaired) electrons. The molecule has 0 bridgehead atoms. The number of Topliss-reactive ketones (excluding diaryl/α,β-unsaturated/α-hetero) is 1. The van der Waals surface area contributed by atoms with Gasteiger partial charge in [-0.3, -0.25) is 4.79 Å². The first kappa shape index (κ1) is 11.9. The molecule has 0 saturated heterocycles. The molecular weight excluding hydrogens is 314 g/mol. The molecule has 4 rings (SSSR count). The number of carbonyl (C=O) groups excluding carboxylic acids is 1. The van der Waals surface area contributed by atoms with Gasteiger partial charge in [-0.15, -0.1) is 0 Å². The molecule has 20 heavy (non-hydrogen) atoms. The van der Waals surface area contributed by atoms with Crippen LogP contribution in [0.15, 0.2) is 53.1 Å². The number of hydrogen-bond donors (Lipinski definition) is 1. The van der Waals surface area contributed by atoms with Crippen molar-refractivity contribution in [2.24, 2.45) is 0 Å². The van der Waals surface area contributed by atoms with E-state index in [1.807, 2.05) is 36.5 Å². The highest BCUT2D eigenvalue weighted by molar-refractivity contribution is 9.10. The van der Waals surface area contributed by atoms with E-state index in [9.17, 15) is 4.79 Å². The smallest absolute Gasteiger partial charge is 0.172 e. The number of aromatic nitrogens is 1. The molecule has 0 amide bonds. The topological polar surface area (TPSA) is 32.9 Å². The van der Waals surface area contributed by atoms with Crippen LogP contribution in [0.5, 0.6) is 0 Å². The Balaban J connectivity index is 1.76. The number of ketones is 1. The van der Waals surface area contributed by atoms with Gasteiger partial charge in [0.05, 0.1) is 5.92 Å². The summed E-state index contributed by atoms with van der Waals surface area (Å²) in [5.41, 5.74) is 4.28. The van der Waals surface area contributed by atoms with Gasteiger partial charge in [-0.25, -0.2) is 0 Å². The summed E-state index contributed by atoms with van der Waals surface area (Å²) in [5.74, 6) is 0.242. The Bertz CT molecular complexity index is 834. The third kappa shape index (κ3) is 1.66. The van der Waals surface area contributed by atoms with Gasteiger partial charge in [0.15, 0.2) is 5.78 Å². The molecule has 1 N–H and O–H groups in total. The Morgan fingerprint density at radius 3 is 2.90 bits per heavy atom. The first-order valence-corrected chi connectivity index (χ1v) is 7.42. The van der Waals surface area contributed by atoms with Crippen molar-refractivity contribution in [3.63, 3.8) is 0 Å². The van der Waals surface area contributed by atoms with Crippen molar-refractivity contribution in [3.8, 4) is 0 Å². The van der Waals surface area contributed by atoms with E-state index < -0.39 is 0 Å². The Morgan fingerprint density at radius 2 is 2.05 bits per heavy atom. The SMILES string of the molecule is O=C(c1c[nH]c2cc(Br)ccc12)C1Cc2ccccc21. The second-order valence-electron chi connectivity index (χ2n) is 5.21. The number of fused-ring (bicyclic) bond motifs is 2. The van der Waals surface area contributed by atoms with E-state index in [2.05, 4.69) is 33.0 Å². The van der Waals surface area contributed by atoms with Crippen molar-refractivity contribution < 1.29 is 4.79 Å². The van der Waals surface area contributed by atoms with Crippen LogP contribution in [0, 0.1) is 0 Å². The fraction of sp³-hybridized carbons (Fsp3) is 0.118. The standard InChI is InChI=1S/C17H12BrNO/c18-11-5-6-13-15(9-19-16(13)8-11)17(20)14-7-10-3-1-2-4-12(10)14/h1-6,8-9,14,19H,7H2. The highest BCUT2D eigenvalue weighted by Crippen LogP contribution is 2.38. The molecule has 0 saturated carbocycles. The number of rotatable bonds is 2. The van der Waals surface area contributed by atoms with E-state index in [-0.39, 0.29) is 11.7 Å². The fourth-order valence-electron chi connectivity index (χ4n) is 2.98. The van der Waals surface area contributed by atoms with Crippen molar-refractivity contribution in [1.82, 2.24) is 4.98 Å². The Kier molecular flexibility index (Phi) is 2.57. The molecule has 1 unspecified atom stereocenters. The zero-order chi connectivity index (χ0) is 13.7. The van der Waals surface area contributed by atoms with Gasteiger partial charge < -0.3 is 4.98 Å². The molecule has 3 heteroatoms. The highest BCUT2D eigenvalue weighted by Gasteiger charge is 2.33. The number of nitrogens with one attached hydrogen (secondary N) is 1. The maximum atomic E-state index is 12.7. The monoisotopic (exact) mass is 325 g/mol. The lowest BCUT2D eigenvalue weighted by Gasteiger charge is -2.28. The molecule has 1 aliphatic rings. The molecule has 0 spiro atoms. The quantitative estimate of drug-likeness (QED) is 0.693. The molecule has 98 valence electrons. The minimum atomic E-state index is 0.0221. The summed E-state index contributed by atoms with van der Waals surface area (Å²) in [6.07, 6.45) is 2.69. The van der Waals surface area contributed by atoms with Crippen LogP contribution >= 0.6 is 15.9 Å². The lowest BCUT2D eigenvalue weighted by molar-refractivity contribution is 0.0950. The van der Waals surface area contributed by atoms with Crippen LogP contribution in [0.3, 0.4) is 0 Å². The van der Waals surface area contributed by atoms with E-state index in [0.717, 1.165) is 27.4 Å². The number of carbonyl (C=O) groups is 1. The minimum absolute atomic E-state index is 0.0221. The second-order valence-corrected chi connectivity index (χ2v) is 6.13. The summed E-state index contributed by atoms with van der Waals surface area (Å²) in [5, 5.41) is 1.00. The van der Waals surface area contributed by atoms with Crippen LogP contribution in [0.4, 0.5) is 0 Å². The van der Waals surface area contributed by atoms with E-state index in [1.54, 1.807) is 0 Å². The summed E-state index contributed by atoms with van der Waals surface area (Å²) in [6.45, 7) is 0. The van der Waals surface area contributed by atoms with E-state index in [4.69, 9.17) is 0 Å². The van der Waals surface area contributed by atoms with Crippen molar-refractivity contribution in [2.45, 2.75) is 12.3 Å². The van der Waals surface area contributed by atoms with E-state index >= 15 is 0 Å². The number of H-pyrrole nitrogens is 1. The van der Waals surface area contributed by atoms with Gasteiger partial charge in [-0.2, -0.15) is 0 Å². The lowest BCUT2D eigenvalue weighted by Crippen LogP contribution is -2.25. The third-order valence-corrected chi connectivity index (χ3v) is 4.57. The van der Waals surface area contributed by atoms with Gasteiger partial charge in [-0.05, 0) is 29.7 Å². The average molecular weight is 326 g/mol. The maximum absolute atomic E-state index is 12.7. The summed E-state index contributed by atoms with van der Waals surface area (Å²) in [7, 11) is 0. The number of halogens is 1. The van der Waals surface area contributed by atoms with Crippen LogP contribution in [0.1, 0.15) is 27.4 Å². The third-order valence-electron chi connectivity index (χ3n) is 4.08. The zero-order valence-corrected chi connectivity index (χ0v) is 12.3. The average Bonchev–Trinajstić information content (AvgIpc) is 2.83. The van der Waals surface area contributed by atoms with Gasteiger partial charge in [-0.1, -0.05) is 46.3 Å². The van der Waals surface area contributed by atoms with Crippen molar-refractivity contribution in [3.05, 3.63) is 69.8 Å². The normalized spacial score (nSPS) is 16.8. The van der Waals surface area contributed by atoms with Crippen LogP contribution in [-0.4, -0.2) is 10.8 Å². The van der Waals surface area contributed by atoms with Gasteiger partial charge in [0.2, 0.25) is 0 Å². The Labute approximate surface area is 124 Å². The van der Waals surface area contributed by atoms with Crippen LogP contribution in [-0.2, 0) is 6.42 Å². The van der Waals surface area contributed by atoms with Gasteiger partial charge in [0.25, 0.3) is 0 Å². The van der Waals surface area contributed by atoms with E-state index in [0.29, 0.717) is 0 Å². The van der Waals surface area contributed by atoms with Gasteiger partial charge in [0, 0.05) is 27.1 Å². The molecule has 1 atom stereocenters. The van der Waals surface area contributed by atoms with Crippen LogP contribution in [0.25, 0.3) is 10.9 Å².